The van der Waals surface area contributed by atoms with E-state index in [2.05, 4.69) is 42.2 Å². The van der Waals surface area contributed by atoms with E-state index in [-0.39, 0.29) is 0 Å². The molecule has 94 valence electrons. The van der Waals surface area contributed by atoms with Crippen molar-refractivity contribution in [3.63, 3.8) is 0 Å². The number of nitrogens with zero attached hydrogens (tertiary/aromatic N) is 2. The number of oxazole rings is 1. The van der Waals surface area contributed by atoms with Gasteiger partial charge in [-0.1, -0.05) is 18.2 Å². The van der Waals surface area contributed by atoms with E-state index in [4.69, 9.17) is 4.42 Å². The number of hydrogen-bond acceptors (Lipinski definition) is 3. The van der Waals surface area contributed by atoms with Gasteiger partial charge in [0.25, 0.3) is 0 Å². The van der Waals surface area contributed by atoms with Crippen LogP contribution in [0.15, 0.2) is 35.2 Å². The molecule has 0 aliphatic heterocycles. The van der Waals surface area contributed by atoms with Crippen LogP contribution in [0.5, 0.6) is 0 Å². The summed E-state index contributed by atoms with van der Waals surface area (Å²) in [6, 6.07) is 7.12. The molecular formula is C15H18N2O. The van der Waals surface area contributed by atoms with E-state index < -0.39 is 0 Å². The van der Waals surface area contributed by atoms with Crippen LogP contribution in [0.4, 0.5) is 0 Å². The lowest BCUT2D eigenvalue weighted by Gasteiger charge is -2.30. The summed E-state index contributed by atoms with van der Waals surface area (Å²) in [5.74, 6) is 0.881. The summed E-state index contributed by atoms with van der Waals surface area (Å²) in [6.07, 6.45) is 6.79. The van der Waals surface area contributed by atoms with Gasteiger partial charge in [-0.25, -0.2) is 4.98 Å². The predicted molar refractivity (Wildman–Crippen MR) is 71.4 cm³/mol. The van der Waals surface area contributed by atoms with Gasteiger partial charge in [0.05, 0.1) is 6.20 Å². The first-order valence-electron chi connectivity index (χ1n) is 6.42. The molecule has 1 aliphatic carbocycles. The zero-order chi connectivity index (χ0) is 12.5. The number of hydrogen-bond donors (Lipinski definition) is 0. The van der Waals surface area contributed by atoms with Crippen LogP contribution in [0.2, 0.25) is 0 Å². The quantitative estimate of drug-likeness (QED) is 0.811. The van der Waals surface area contributed by atoms with Crippen molar-refractivity contribution >= 4 is 0 Å². The van der Waals surface area contributed by atoms with Crippen molar-refractivity contribution in [2.24, 2.45) is 0 Å². The third kappa shape index (κ3) is 1.95. The molecule has 1 aromatic carbocycles. The molecule has 18 heavy (non-hydrogen) atoms. The van der Waals surface area contributed by atoms with Gasteiger partial charge in [0.2, 0.25) is 0 Å². The zero-order valence-electron chi connectivity index (χ0n) is 10.9. The van der Waals surface area contributed by atoms with Gasteiger partial charge >= 0.3 is 0 Å². The Labute approximate surface area is 107 Å². The number of benzene rings is 1. The van der Waals surface area contributed by atoms with Crippen LogP contribution in [-0.2, 0) is 12.8 Å². The first kappa shape index (κ1) is 11.5. The van der Waals surface area contributed by atoms with Crippen LogP contribution in [-0.4, -0.2) is 30.0 Å². The number of aromatic nitrogens is 1. The fourth-order valence-electron chi connectivity index (χ4n) is 2.79. The van der Waals surface area contributed by atoms with E-state index in [1.54, 1.807) is 6.20 Å². The zero-order valence-corrected chi connectivity index (χ0v) is 10.9. The van der Waals surface area contributed by atoms with E-state index in [1.807, 2.05) is 0 Å². The summed E-state index contributed by atoms with van der Waals surface area (Å²) in [4.78, 5) is 6.34. The highest BCUT2D eigenvalue weighted by molar-refractivity contribution is 5.64. The van der Waals surface area contributed by atoms with Gasteiger partial charge in [-0.3, -0.25) is 0 Å². The number of fused-ring (bicyclic) bond motifs is 1. The minimum Gasteiger partial charge on any atom is -0.444 e. The Morgan fingerprint density at radius 3 is 2.94 bits per heavy atom. The highest BCUT2D eigenvalue weighted by Gasteiger charge is 2.23. The monoisotopic (exact) mass is 242 g/mol. The Bertz CT molecular complexity index is 531. The smallest absolute Gasteiger partial charge is 0.181 e. The second-order valence-corrected chi connectivity index (χ2v) is 5.17. The lowest BCUT2D eigenvalue weighted by molar-refractivity contribution is 0.268. The third-order valence-electron chi connectivity index (χ3n) is 3.89. The molecule has 3 rings (SSSR count). The van der Waals surface area contributed by atoms with Crippen LogP contribution in [0.3, 0.4) is 0 Å². The summed E-state index contributed by atoms with van der Waals surface area (Å²) in [7, 11) is 4.32. The fourth-order valence-corrected chi connectivity index (χ4v) is 2.79. The number of rotatable bonds is 2. The average Bonchev–Trinajstić information content (AvgIpc) is 2.91. The third-order valence-corrected chi connectivity index (χ3v) is 3.89. The second kappa shape index (κ2) is 4.58. The Morgan fingerprint density at radius 1 is 1.33 bits per heavy atom. The van der Waals surface area contributed by atoms with Gasteiger partial charge in [0.1, 0.15) is 0 Å². The van der Waals surface area contributed by atoms with Crippen molar-refractivity contribution in [3.05, 3.63) is 41.9 Å². The topological polar surface area (TPSA) is 29.3 Å². The first-order valence-corrected chi connectivity index (χ1v) is 6.42. The van der Waals surface area contributed by atoms with Crippen molar-refractivity contribution in [2.45, 2.75) is 25.3 Å². The maximum atomic E-state index is 5.46. The van der Waals surface area contributed by atoms with Gasteiger partial charge < -0.3 is 9.32 Å². The molecule has 0 radical (unpaired) electrons. The molecule has 1 aliphatic rings. The Morgan fingerprint density at radius 2 is 2.22 bits per heavy atom. The molecule has 0 saturated heterocycles. The SMILES string of the molecule is CN(C)C1CCc2cccc(-c3cnco3)c2C1. The van der Waals surface area contributed by atoms with Gasteiger partial charge in [-0.05, 0) is 44.5 Å². The van der Waals surface area contributed by atoms with Crippen LogP contribution >= 0.6 is 0 Å². The molecule has 3 nitrogen and oxygen atoms in total. The number of aryl methyl sites for hydroxylation is 1. The van der Waals surface area contributed by atoms with Crippen LogP contribution in [0, 0.1) is 0 Å². The van der Waals surface area contributed by atoms with E-state index in [0.29, 0.717) is 6.04 Å². The summed E-state index contributed by atoms with van der Waals surface area (Å²) >= 11 is 0. The van der Waals surface area contributed by atoms with Crippen LogP contribution in [0.1, 0.15) is 17.5 Å². The largest absolute Gasteiger partial charge is 0.444 e. The highest BCUT2D eigenvalue weighted by atomic mass is 16.3. The predicted octanol–water partition coefficient (Wildman–Crippen LogP) is 2.76. The van der Waals surface area contributed by atoms with Crippen LogP contribution in [0.25, 0.3) is 11.3 Å². The molecule has 1 atom stereocenters. The van der Waals surface area contributed by atoms with Gasteiger partial charge in [0, 0.05) is 11.6 Å². The summed E-state index contributed by atoms with van der Waals surface area (Å²) in [6.45, 7) is 0. The van der Waals surface area contributed by atoms with Gasteiger partial charge in [-0.2, -0.15) is 0 Å². The Hall–Kier alpha value is -1.61. The lowest BCUT2D eigenvalue weighted by atomic mass is 9.84. The lowest BCUT2D eigenvalue weighted by Crippen LogP contribution is -2.33. The molecule has 1 aromatic heterocycles. The molecule has 0 N–H and O–H groups in total. The molecule has 2 aromatic rings. The molecule has 1 heterocycles. The Kier molecular flexibility index (Phi) is 2.92. The standard InChI is InChI=1S/C15H18N2O/c1-17(2)12-7-6-11-4-3-5-13(14(11)8-12)15-9-16-10-18-15/h3-5,9-10,12H,6-8H2,1-2H3. The summed E-state index contributed by atoms with van der Waals surface area (Å²) < 4.78 is 5.46. The molecule has 0 fully saturated rings. The number of likely N-dealkylation sites (N-methyl/N-ethyl adjacent to an activating group) is 1. The second-order valence-electron chi connectivity index (χ2n) is 5.17. The van der Waals surface area contributed by atoms with Crippen molar-refractivity contribution in [2.75, 3.05) is 14.1 Å². The van der Waals surface area contributed by atoms with E-state index in [1.165, 1.54) is 29.5 Å². The molecule has 1 unspecified atom stereocenters. The maximum Gasteiger partial charge on any atom is 0.181 e. The highest BCUT2D eigenvalue weighted by Crippen LogP contribution is 2.32. The normalized spacial score (nSPS) is 18.9. The summed E-state index contributed by atoms with van der Waals surface area (Å²) in [5.41, 5.74) is 4.10. The minimum absolute atomic E-state index is 0.626. The summed E-state index contributed by atoms with van der Waals surface area (Å²) in [5, 5.41) is 0. The van der Waals surface area contributed by atoms with Crippen molar-refractivity contribution in [1.82, 2.24) is 9.88 Å². The van der Waals surface area contributed by atoms with Gasteiger partial charge in [-0.15, -0.1) is 0 Å². The molecular weight excluding hydrogens is 224 g/mol. The molecule has 3 heteroatoms. The van der Waals surface area contributed by atoms with Crippen molar-refractivity contribution < 1.29 is 4.42 Å². The van der Waals surface area contributed by atoms with Crippen molar-refractivity contribution in [3.8, 4) is 11.3 Å². The fraction of sp³-hybridized carbons (Fsp3) is 0.400. The van der Waals surface area contributed by atoms with E-state index in [9.17, 15) is 0 Å². The van der Waals surface area contributed by atoms with E-state index in [0.717, 1.165) is 18.6 Å². The van der Waals surface area contributed by atoms with Crippen molar-refractivity contribution in [1.29, 1.82) is 0 Å². The molecule has 0 saturated carbocycles. The van der Waals surface area contributed by atoms with Gasteiger partial charge in [0.15, 0.2) is 12.2 Å². The molecule has 0 spiro atoms. The molecule has 0 amide bonds. The molecule has 0 bridgehead atoms. The van der Waals surface area contributed by atoms with Crippen LogP contribution < -0.4 is 0 Å². The van der Waals surface area contributed by atoms with E-state index >= 15 is 0 Å². The Balaban J connectivity index is 2.03. The minimum atomic E-state index is 0.626. The average molecular weight is 242 g/mol. The maximum absolute atomic E-state index is 5.46. The first-order chi connectivity index (χ1) is 8.75.